The number of hydrogen-bond donors (Lipinski definition) is 2. The van der Waals surface area contributed by atoms with Gasteiger partial charge in [-0.05, 0) is 0 Å². The summed E-state index contributed by atoms with van der Waals surface area (Å²) in [5.74, 6) is 0. The van der Waals surface area contributed by atoms with Gasteiger partial charge in [0.2, 0.25) is 0 Å². The number of hydrogen-bond acceptors (Lipinski definition) is 2. The van der Waals surface area contributed by atoms with Crippen molar-refractivity contribution in [3.05, 3.63) is 0 Å². The largest absolute Gasteiger partial charge is 0.303 e. The van der Waals surface area contributed by atoms with E-state index in [4.69, 9.17) is 0 Å². The van der Waals surface area contributed by atoms with Gasteiger partial charge in [-0.15, -0.1) is 0 Å². The van der Waals surface area contributed by atoms with Gasteiger partial charge in [0.05, 0.1) is 0 Å². The fraction of sp³-hybridized carbons (Fsp3) is 1.00. The molecule has 3 heteroatoms. The monoisotopic (exact) mass is 83.1 g/mol. The Morgan fingerprint density at radius 1 is 1.00 bits per heavy atom. The first-order chi connectivity index (χ1) is 2.50. The molecule has 1 aliphatic rings. The molecule has 1 saturated heterocycles. The molecule has 0 spiro atoms. The zero-order valence-electron chi connectivity index (χ0n) is 3.70. The first-order valence-corrected chi connectivity index (χ1v) is 1.91. The number of rotatable bonds is 0. The summed E-state index contributed by atoms with van der Waals surface area (Å²) in [6, 6.07) is 0. The molecule has 1 rings (SSSR count). The van der Waals surface area contributed by atoms with Crippen molar-refractivity contribution in [1.29, 1.82) is 0 Å². The third-order valence-electron chi connectivity index (χ3n) is 0.729. The van der Waals surface area contributed by atoms with Crippen LogP contribution in [0.3, 0.4) is 0 Å². The van der Waals surface area contributed by atoms with Crippen LogP contribution in [-0.4, -0.2) is 28.2 Å². The molecule has 1 heterocycles. The van der Waals surface area contributed by atoms with Crippen molar-refractivity contribution in [2.45, 2.75) is 0 Å². The van der Waals surface area contributed by atoms with Crippen molar-refractivity contribution in [1.82, 2.24) is 10.6 Å². The Balaban J connectivity index is 0.000000250. The lowest BCUT2D eigenvalue weighted by atomic mass is 10.7. The quantitative estimate of drug-likeness (QED) is 0.358. The van der Waals surface area contributed by atoms with Crippen LogP contribution in [0.25, 0.3) is 0 Å². The van der Waals surface area contributed by atoms with Gasteiger partial charge in [-0.25, -0.2) is 0 Å². The molecule has 0 amide bonds. The fourth-order valence-electron chi connectivity index (χ4n) is 0.442. The third kappa shape index (κ3) is 1.43. The van der Waals surface area contributed by atoms with E-state index in [1.165, 1.54) is 0 Å². The van der Waals surface area contributed by atoms with Crippen molar-refractivity contribution >= 4 is 8.41 Å². The summed E-state index contributed by atoms with van der Waals surface area (Å²) < 4.78 is 0. The zero-order valence-corrected chi connectivity index (χ0v) is 3.70. The minimum absolute atomic E-state index is 0. The second-order valence-corrected chi connectivity index (χ2v) is 1.18. The van der Waals surface area contributed by atoms with E-state index in [9.17, 15) is 0 Å². The molecule has 3 radical (unpaired) electrons. The summed E-state index contributed by atoms with van der Waals surface area (Å²) in [6.45, 7) is 3.28. The minimum atomic E-state index is 0. The molecule has 2 N–H and O–H groups in total. The van der Waals surface area contributed by atoms with Gasteiger partial charge in [-0.1, -0.05) is 0 Å². The van der Waals surface area contributed by atoms with E-state index in [1.807, 2.05) is 0 Å². The van der Waals surface area contributed by atoms with Crippen LogP contribution in [0, 0.1) is 0 Å². The van der Waals surface area contributed by atoms with E-state index in [-0.39, 0.29) is 8.41 Å². The smallest absolute Gasteiger partial charge is 0.0455 e. The van der Waals surface area contributed by atoms with Gasteiger partial charge in [0.1, 0.15) is 0 Å². The second kappa shape index (κ2) is 3.19. The predicted molar refractivity (Wildman–Crippen MR) is 26.6 cm³/mol. The maximum atomic E-state index is 3.11. The lowest BCUT2D eigenvalue weighted by molar-refractivity contribution is 0.807. The molecule has 0 unspecified atom stereocenters. The Bertz CT molecular complexity index is 20.4. The van der Waals surface area contributed by atoms with Crippen LogP contribution in [0.2, 0.25) is 0 Å². The van der Waals surface area contributed by atoms with E-state index >= 15 is 0 Å². The van der Waals surface area contributed by atoms with Crippen LogP contribution >= 0.6 is 0 Å². The van der Waals surface area contributed by atoms with Crippen molar-refractivity contribution in [3.63, 3.8) is 0 Å². The molecule has 33 valence electrons. The molecule has 0 aromatic rings. The predicted octanol–water partition coefficient (Wildman–Crippen LogP) is -1.24. The highest BCUT2D eigenvalue weighted by atomic mass is 15.1. The summed E-state index contributed by atoms with van der Waals surface area (Å²) in [4.78, 5) is 0. The summed E-state index contributed by atoms with van der Waals surface area (Å²) in [7, 11) is 0. The lowest BCUT2D eigenvalue weighted by Gasteiger charge is -1.77. The maximum Gasteiger partial charge on any atom is 0.0455 e. The van der Waals surface area contributed by atoms with E-state index in [0.29, 0.717) is 0 Å². The molecule has 0 aromatic carbocycles. The average Bonchev–Trinajstić information content (AvgIpc) is 1.76. The molecule has 0 aromatic heterocycles. The van der Waals surface area contributed by atoms with Crippen molar-refractivity contribution in [2.24, 2.45) is 0 Å². The highest BCUT2D eigenvalue weighted by Crippen LogP contribution is 1.62. The van der Waals surface area contributed by atoms with Gasteiger partial charge < -0.3 is 10.6 Å². The summed E-state index contributed by atoms with van der Waals surface area (Å²) >= 11 is 0. The highest BCUT2D eigenvalue weighted by Gasteiger charge is 1.90. The van der Waals surface area contributed by atoms with Crippen molar-refractivity contribution in [2.75, 3.05) is 19.8 Å². The molecule has 1 aliphatic heterocycles. The maximum absolute atomic E-state index is 3.11. The molecular formula is C3H8BN2. The van der Waals surface area contributed by atoms with Crippen LogP contribution in [0.5, 0.6) is 0 Å². The molecule has 2 nitrogen and oxygen atoms in total. The Morgan fingerprint density at radius 2 is 1.50 bits per heavy atom. The number of nitrogens with one attached hydrogen (secondary N) is 2. The standard InChI is InChI=1S/C3H8N2.B/c1-2-5-3-4-1;/h4-5H,1-3H2;. The van der Waals surface area contributed by atoms with Gasteiger partial charge in [-0.3, -0.25) is 0 Å². The lowest BCUT2D eigenvalue weighted by Crippen LogP contribution is -2.11. The van der Waals surface area contributed by atoms with Crippen LogP contribution in [-0.2, 0) is 0 Å². The molecular weight excluding hydrogens is 74.9 g/mol. The van der Waals surface area contributed by atoms with Crippen molar-refractivity contribution < 1.29 is 0 Å². The first kappa shape index (κ1) is 5.98. The highest BCUT2D eigenvalue weighted by molar-refractivity contribution is 5.75. The van der Waals surface area contributed by atoms with Gasteiger partial charge in [0, 0.05) is 28.2 Å². The Hall–Kier alpha value is -0.0151. The zero-order chi connectivity index (χ0) is 3.54. The molecule has 0 saturated carbocycles. The van der Waals surface area contributed by atoms with Crippen LogP contribution in [0.15, 0.2) is 0 Å². The van der Waals surface area contributed by atoms with E-state index in [0.717, 1.165) is 19.8 Å². The van der Waals surface area contributed by atoms with Gasteiger partial charge in [0.25, 0.3) is 0 Å². The molecule has 0 aliphatic carbocycles. The van der Waals surface area contributed by atoms with Crippen LogP contribution in [0.1, 0.15) is 0 Å². The van der Waals surface area contributed by atoms with E-state index < -0.39 is 0 Å². The van der Waals surface area contributed by atoms with E-state index in [2.05, 4.69) is 10.6 Å². The van der Waals surface area contributed by atoms with Crippen LogP contribution < -0.4 is 10.6 Å². The Kier molecular flexibility index (Phi) is 3.18. The van der Waals surface area contributed by atoms with Crippen LogP contribution in [0.4, 0.5) is 0 Å². The summed E-state index contributed by atoms with van der Waals surface area (Å²) in [5.41, 5.74) is 0. The first-order valence-electron chi connectivity index (χ1n) is 1.91. The van der Waals surface area contributed by atoms with Gasteiger partial charge in [0.15, 0.2) is 0 Å². The van der Waals surface area contributed by atoms with Crippen molar-refractivity contribution in [3.8, 4) is 0 Å². The normalized spacial score (nSPS) is 20.0. The topological polar surface area (TPSA) is 24.1 Å². The Labute approximate surface area is 39.9 Å². The molecule has 0 bridgehead atoms. The molecule has 6 heavy (non-hydrogen) atoms. The molecule has 1 fully saturated rings. The Morgan fingerprint density at radius 3 is 1.67 bits per heavy atom. The average molecular weight is 82.9 g/mol. The summed E-state index contributed by atoms with van der Waals surface area (Å²) in [6.07, 6.45) is 0. The third-order valence-corrected chi connectivity index (χ3v) is 0.729. The van der Waals surface area contributed by atoms with Gasteiger partial charge in [-0.2, -0.15) is 0 Å². The van der Waals surface area contributed by atoms with E-state index in [1.54, 1.807) is 0 Å². The fourth-order valence-corrected chi connectivity index (χ4v) is 0.442. The van der Waals surface area contributed by atoms with Gasteiger partial charge >= 0.3 is 0 Å². The SMILES string of the molecule is C1CNCN1.[B]. The second-order valence-electron chi connectivity index (χ2n) is 1.18. The minimum Gasteiger partial charge on any atom is -0.303 e. The summed E-state index contributed by atoms with van der Waals surface area (Å²) in [5, 5.41) is 6.22. The molecule has 0 atom stereocenters.